The molecule has 1 amide bonds. The molecule has 0 saturated heterocycles. The molecule has 0 radical (unpaired) electrons. The van der Waals surface area contributed by atoms with E-state index in [2.05, 4.69) is 25.6 Å². The van der Waals surface area contributed by atoms with Gasteiger partial charge >= 0.3 is 5.97 Å². The molecule has 0 spiro atoms. The van der Waals surface area contributed by atoms with Crippen molar-refractivity contribution in [1.82, 2.24) is 30.3 Å². The predicted molar refractivity (Wildman–Crippen MR) is 102 cm³/mol. The van der Waals surface area contributed by atoms with Crippen LogP contribution in [0.4, 0.5) is 4.39 Å². The molecule has 0 aliphatic heterocycles. The molecule has 3 rings (SSSR count). The number of ether oxygens (including phenoxy) is 1. The number of esters is 1. The summed E-state index contributed by atoms with van der Waals surface area (Å²) in [6, 6.07) is 7.32. The topological polar surface area (TPSA) is 112 Å². The molecule has 0 bridgehead atoms. The van der Waals surface area contributed by atoms with Gasteiger partial charge in [-0.1, -0.05) is 17.0 Å². The first kappa shape index (κ1) is 20.4. The number of hydrogen-bond acceptors (Lipinski definition) is 8. The molecule has 9 nitrogen and oxygen atoms in total. The highest BCUT2D eigenvalue weighted by Crippen LogP contribution is 2.22. The smallest absolute Gasteiger partial charge is 0.325 e. The molecule has 2 aromatic heterocycles. The molecule has 29 heavy (non-hydrogen) atoms. The summed E-state index contributed by atoms with van der Waals surface area (Å²) in [5.41, 5.74) is 1.03. The van der Waals surface area contributed by atoms with Crippen molar-refractivity contribution >= 4 is 23.6 Å². The number of amides is 1. The number of nitrogens with one attached hydrogen (secondary N) is 1. The molecule has 150 valence electrons. The molecule has 0 saturated carbocycles. The Hall–Kier alpha value is -3.34. The van der Waals surface area contributed by atoms with Crippen LogP contribution in [-0.4, -0.2) is 50.0 Å². The number of aromatic nitrogens is 5. The Bertz CT molecular complexity index is 981. The average molecular weight is 416 g/mol. The van der Waals surface area contributed by atoms with E-state index in [4.69, 9.17) is 4.74 Å². The number of carbonyl (C=O) groups excluding carboxylic acids is 2. The van der Waals surface area contributed by atoms with Gasteiger partial charge in [-0.2, -0.15) is 0 Å². The fourth-order valence-corrected chi connectivity index (χ4v) is 3.13. The van der Waals surface area contributed by atoms with Crippen molar-refractivity contribution in [3.63, 3.8) is 0 Å². The van der Waals surface area contributed by atoms with Gasteiger partial charge in [0.1, 0.15) is 12.4 Å². The van der Waals surface area contributed by atoms with Crippen LogP contribution in [0.25, 0.3) is 5.69 Å². The Kier molecular flexibility index (Phi) is 6.85. The second-order valence-electron chi connectivity index (χ2n) is 5.58. The predicted octanol–water partition coefficient (Wildman–Crippen LogP) is 1.78. The normalized spacial score (nSPS) is 10.6. The maximum Gasteiger partial charge on any atom is 0.325 e. The highest BCUT2D eigenvalue weighted by atomic mass is 32.2. The van der Waals surface area contributed by atoms with Crippen LogP contribution >= 0.6 is 11.8 Å². The Balaban J connectivity index is 1.85. The van der Waals surface area contributed by atoms with Crippen LogP contribution in [0.2, 0.25) is 0 Å². The van der Waals surface area contributed by atoms with Crippen molar-refractivity contribution in [2.24, 2.45) is 0 Å². The first-order valence-corrected chi connectivity index (χ1v) is 9.61. The molecule has 0 atom stereocenters. The Morgan fingerprint density at radius 1 is 1.21 bits per heavy atom. The molecule has 0 fully saturated rings. The van der Waals surface area contributed by atoms with E-state index in [9.17, 15) is 14.0 Å². The minimum Gasteiger partial charge on any atom is -0.465 e. The van der Waals surface area contributed by atoms with E-state index in [0.717, 1.165) is 0 Å². The van der Waals surface area contributed by atoms with Crippen LogP contribution in [0.15, 0.2) is 47.9 Å². The average Bonchev–Trinajstić information content (AvgIpc) is 3.16. The molecule has 3 aromatic rings. The lowest BCUT2D eigenvalue weighted by Gasteiger charge is -2.08. The molecular formula is C18H17FN6O3S. The third-order valence-electron chi connectivity index (χ3n) is 3.63. The number of hydrogen-bond donors (Lipinski definition) is 1. The van der Waals surface area contributed by atoms with Crippen molar-refractivity contribution in [1.29, 1.82) is 0 Å². The molecule has 11 heteroatoms. The lowest BCUT2D eigenvalue weighted by molar-refractivity contribution is -0.141. The number of carbonyl (C=O) groups is 2. The maximum absolute atomic E-state index is 13.3. The first-order valence-electron chi connectivity index (χ1n) is 8.62. The van der Waals surface area contributed by atoms with Crippen LogP contribution < -0.4 is 5.32 Å². The number of benzene rings is 1. The van der Waals surface area contributed by atoms with E-state index in [1.54, 1.807) is 25.4 Å². The van der Waals surface area contributed by atoms with E-state index in [1.165, 1.54) is 40.7 Å². The highest BCUT2D eigenvalue weighted by Gasteiger charge is 2.22. The van der Waals surface area contributed by atoms with Crippen LogP contribution in [0.5, 0.6) is 0 Å². The van der Waals surface area contributed by atoms with Gasteiger partial charge in [-0.25, -0.2) is 19.0 Å². The zero-order valence-electron chi connectivity index (χ0n) is 15.4. The van der Waals surface area contributed by atoms with E-state index >= 15 is 0 Å². The minimum atomic E-state index is -0.573. The summed E-state index contributed by atoms with van der Waals surface area (Å²) in [6.45, 7) is 1.61. The van der Waals surface area contributed by atoms with Gasteiger partial charge in [0.2, 0.25) is 0 Å². The lowest BCUT2D eigenvalue weighted by Crippen LogP contribution is -2.31. The number of nitrogens with zero attached hydrogens (tertiary/aromatic N) is 5. The van der Waals surface area contributed by atoms with Gasteiger partial charge in [-0.15, -0.1) is 5.10 Å². The van der Waals surface area contributed by atoms with Crippen molar-refractivity contribution in [3.8, 4) is 5.69 Å². The van der Waals surface area contributed by atoms with Gasteiger partial charge in [-0.05, 0) is 37.3 Å². The van der Waals surface area contributed by atoms with Gasteiger partial charge in [-0.3, -0.25) is 9.59 Å². The fourth-order valence-electron chi connectivity index (χ4n) is 2.34. The summed E-state index contributed by atoms with van der Waals surface area (Å²) >= 11 is 1.29. The minimum absolute atomic E-state index is 0.0436. The zero-order chi connectivity index (χ0) is 20.6. The highest BCUT2D eigenvalue weighted by molar-refractivity contribution is 7.98. The second-order valence-corrected chi connectivity index (χ2v) is 6.52. The third kappa shape index (κ3) is 5.35. The molecule has 0 aliphatic rings. The standard InChI is InChI=1S/C18H17FN6O3S/c1-2-28-15(26)10-22-17(27)16-14(11-29-18-20-8-3-9-21-18)25(24-23-16)13-6-4-12(19)5-7-13/h3-9H,2,10-11H2,1H3,(H,22,27). The number of rotatable bonds is 8. The second kappa shape index (κ2) is 9.73. The molecule has 0 aliphatic carbocycles. The van der Waals surface area contributed by atoms with Gasteiger partial charge < -0.3 is 10.1 Å². The SMILES string of the molecule is CCOC(=O)CNC(=O)c1nnn(-c2ccc(F)cc2)c1CSc1ncccn1. The number of thioether (sulfide) groups is 1. The van der Waals surface area contributed by atoms with Crippen molar-refractivity contribution in [3.05, 3.63) is 59.9 Å². The van der Waals surface area contributed by atoms with Crippen LogP contribution in [0.1, 0.15) is 23.1 Å². The monoisotopic (exact) mass is 416 g/mol. The van der Waals surface area contributed by atoms with Gasteiger partial charge in [0.05, 0.1) is 18.0 Å². The molecule has 0 unspecified atom stereocenters. The van der Waals surface area contributed by atoms with Gasteiger partial charge in [0, 0.05) is 18.1 Å². The largest absolute Gasteiger partial charge is 0.465 e. The zero-order valence-corrected chi connectivity index (χ0v) is 16.2. The van der Waals surface area contributed by atoms with Gasteiger partial charge in [0.15, 0.2) is 10.9 Å². The van der Waals surface area contributed by atoms with Crippen molar-refractivity contribution in [2.45, 2.75) is 17.8 Å². The summed E-state index contributed by atoms with van der Waals surface area (Å²) in [6.07, 6.45) is 3.22. The van der Waals surface area contributed by atoms with Crippen molar-refractivity contribution < 1.29 is 18.7 Å². The van der Waals surface area contributed by atoms with Crippen LogP contribution in [0.3, 0.4) is 0 Å². The molecule has 1 N–H and O–H groups in total. The Morgan fingerprint density at radius 3 is 2.62 bits per heavy atom. The summed E-state index contributed by atoms with van der Waals surface area (Å²) in [5.74, 6) is -1.25. The Labute approximate surface area is 169 Å². The van der Waals surface area contributed by atoms with E-state index < -0.39 is 17.7 Å². The summed E-state index contributed by atoms with van der Waals surface area (Å²) in [4.78, 5) is 32.3. The van der Waals surface area contributed by atoms with Gasteiger partial charge in [0.25, 0.3) is 5.91 Å². The molecule has 2 heterocycles. The van der Waals surface area contributed by atoms with Crippen molar-refractivity contribution in [2.75, 3.05) is 13.2 Å². The summed E-state index contributed by atoms with van der Waals surface area (Å²) in [7, 11) is 0. The lowest BCUT2D eigenvalue weighted by atomic mass is 10.2. The third-order valence-corrected chi connectivity index (χ3v) is 4.51. The van der Waals surface area contributed by atoms with E-state index in [-0.39, 0.29) is 24.6 Å². The van der Waals surface area contributed by atoms with Crippen LogP contribution in [-0.2, 0) is 15.3 Å². The fraction of sp³-hybridized carbons (Fsp3) is 0.222. The quantitative estimate of drug-likeness (QED) is 0.336. The van der Waals surface area contributed by atoms with E-state index in [0.29, 0.717) is 16.5 Å². The van der Waals surface area contributed by atoms with Crippen LogP contribution in [0, 0.1) is 5.82 Å². The van der Waals surface area contributed by atoms with E-state index in [1.807, 2.05) is 0 Å². The summed E-state index contributed by atoms with van der Waals surface area (Å²) < 4.78 is 19.5. The number of halogens is 1. The first-order chi connectivity index (χ1) is 14.1. The molecular weight excluding hydrogens is 399 g/mol. The Morgan fingerprint density at radius 2 is 1.93 bits per heavy atom. The molecule has 1 aromatic carbocycles. The maximum atomic E-state index is 13.3. The summed E-state index contributed by atoms with van der Waals surface area (Å²) in [5, 5.41) is 11.0.